The van der Waals surface area contributed by atoms with E-state index in [9.17, 15) is 4.79 Å². The largest absolute Gasteiger partial charge is 0.458 e. The smallest absolute Gasteiger partial charge is 0.376 e. The van der Waals surface area contributed by atoms with Crippen molar-refractivity contribution in [1.82, 2.24) is 0 Å². The fraction of sp³-hybridized carbons (Fsp3) is 0.923. The molecular formula is C13H27O4PS2. The Morgan fingerprint density at radius 3 is 1.90 bits per heavy atom. The second kappa shape index (κ2) is 13.1. The predicted octanol–water partition coefficient (Wildman–Crippen LogP) is 5.51. The third kappa shape index (κ3) is 11.1. The van der Waals surface area contributed by atoms with Crippen LogP contribution in [0.5, 0.6) is 0 Å². The van der Waals surface area contributed by atoms with E-state index in [2.05, 4.69) is 13.8 Å². The van der Waals surface area contributed by atoms with E-state index in [-0.39, 0.29) is 0 Å². The highest BCUT2D eigenvalue weighted by molar-refractivity contribution is 8.73. The van der Waals surface area contributed by atoms with Crippen LogP contribution >= 0.6 is 17.1 Å². The molecule has 0 amide bonds. The van der Waals surface area contributed by atoms with E-state index in [4.69, 9.17) is 25.6 Å². The van der Waals surface area contributed by atoms with Gasteiger partial charge in [-0.25, -0.2) is 4.79 Å². The van der Waals surface area contributed by atoms with Gasteiger partial charge in [-0.3, -0.25) is 0 Å². The Balaban J connectivity index is 4.26. The van der Waals surface area contributed by atoms with Gasteiger partial charge in [0, 0.05) is 11.4 Å². The van der Waals surface area contributed by atoms with E-state index in [1.807, 2.05) is 0 Å². The zero-order chi connectivity index (χ0) is 15.3. The molecule has 0 heterocycles. The molecule has 0 aliphatic heterocycles. The second-order valence-electron chi connectivity index (χ2n) is 4.30. The van der Waals surface area contributed by atoms with Gasteiger partial charge in [0.05, 0.1) is 19.8 Å². The molecule has 0 aromatic heterocycles. The predicted molar refractivity (Wildman–Crippen MR) is 89.9 cm³/mol. The summed E-state index contributed by atoms with van der Waals surface area (Å²) in [5.41, 5.74) is -2.61. The second-order valence-corrected chi connectivity index (χ2v) is 10.4. The topological polar surface area (TPSA) is 44.8 Å². The molecule has 0 atom stereocenters. The molecule has 0 N–H and O–H groups in total. The zero-order valence-corrected chi connectivity index (χ0v) is 15.3. The molecule has 0 fully saturated rings. The van der Waals surface area contributed by atoms with Gasteiger partial charge in [-0.15, -0.1) is 0 Å². The first-order chi connectivity index (χ1) is 9.58. The van der Waals surface area contributed by atoms with Crippen molar-refractivity contribution in [3.63, 3.8) is 0 Å². The van der Waals surface area contributed by atoms with Gasteiger partial charge in [-0.2, -0.15) is 0 Å². The molecule has 4 nitrogen and oxygen atoms in total. The first kappa shape index (κ1) is 20.4. The summed E-state index contributed by atoms with van der Waals surface area (Å²) in [5.74, 6) is 0. The molecule has 0 rings (SSSR count). The third-order valence-electron chi connectivity index (χ3n) is 2.44. The number of carbonyl (C=O) groups excluding carboxylic acids is 1. The molecule has 7 heteroatoms. The van der Waals surface area contributed by atoms with Crippen molar-refractivity contribution in [2.45, 2.75) is 59.3 Å². The summed E-state index contributed by atoms with van der Waals surface area (Å²) in [6.45, 7) is 7.46. The van der Waals surface area contributed by atoms with Crippen LogP contribution in [-0.4, -0.2) is 25.1 Å². The van der Waals surface area contributed by atoms with Gasteiger partial charge in [-0.05, 0) is 31.6 Å². The molecule has 120 valence electrons. The van der Waals surface area contributed by atoms with E-state index in [1.54, 1.807) is 6.92 Å². The quantitative estimate of drug-likeness (QED) is 0.264. The van der Waals surface area contributed by atoms with Crippen molar-refractivity contribution in [2.75, 3.05) is 19.8 Å². The molecule has 0 saturated heterocycles. The molecule has 0 radical (unpaired) electrons. The SMILES string of the molecule is CCCCCOP(=S)(OCCCCC)SC(=O)OCC. The number of rotatable bonds is 12. The van der Waals surface area contributed by atoms with Crippen molar-refractivity contribution in [3.8, 4) is 0 Å². The van der Waals surface area contributed by atoms with Crippen molar-refractivity contribution in [3.05, 3.63) is 0 Å². The lowest BCUT2D eigenvalue weighted by molar-refractivity contribution is 0.181. The minimum absolute atomic E-state index is 0.340. The van der Waals surface area contributed by atoms with Crippen LogP contribution in [0.15, 0.2) is 0 Å². The van der Waals surface area contributed by atoms with Crippen molar-refractivity contribution in [2.24, 2.45) is 0 Å². The highest BCUT2D eigenvalue weighted by Crippen LogP contribution is 2.61. The van der Waals surface area contributed by atoms with E-state index in [1.165, 1.54) is 0 Å². The van der Waals surface area contributed by atoms with Gasteiger partial charge >= 0.3 is 5.30 Å². The third-order valence-corrected chi connectivity index (χ3v) is 6.99. The normalized spacial score (nSPS) is 11.6. The lowest BCUT2D eigenvalue weighted by Gasteiger charge is -2.20. The maximum absolute atomic E-state index is 11.6. The summed E-state index contributed by atoms with van der Waals surface area (Å²) >= 11 is 6.33. The van der Waals surface area contributed by atoms with Crippen molar-refractivity contribution < 1.29 is 18.6 Å². The summed E-state index contributed by atoms with van der Waals surface area (Å²) in [7, 11) is 0. The van der Waals surface area contributed by atoms with Crippen LogP contribution < -0.4 is 0 Å². The van der Waals surface area contributed by atoms with Gasteiger partial charge in [0.15, 0.2) is 0 Å². The maximum atomic E-state index is 11.6. The van der Waals surface area contributed by atoms with Gasteiger partial charge in [0.1, 0.15) is 0 Å². The number of hydrogen-bond donors (Lipinski definition) is 0. The average molecular weight is 342 g/mol. The maximum Gasteiger partial charge on any atom is 0.376 e. The molecule has 20 heavy (non-hydrogen) atoms. The van der Waals surface area contributed by atoms with Gasteiger partial charge in [0.2, 0.25) is 0 Å². The Labute approximate surface area is 132 Å². The fourth-order valence-corrected chi connectivity index (χ4v) is 5.08. The number of ether oxygens (including phenoxy) is 1. The van der Waals surface area contributed by atoms with Crippen LogP contribution in [0.4, 0.5) is 4.79 Å². The van der Waals surface area contributed by atoms with E-state index in [0.29, 0.717) is 19.8 Å². The number of unbranched alkanes of at least 4 members (excludes halogenated alkanes) is 4. The highest BCUT2D eigenvalue weighted by atomic mass is 32.9. The van der Waals surface area contributed by atoms with Gasteiger partial charge in [0.25, 0.3) is 5.69 Å². The molecule has 0 aromatic carbocycles. The van der Waals surface area contributed by atoms with Crippen molar-refractivity contribution in [1.29, 1.82) is 0 Å². The minimum Gasteiger partial charge on any atom is -0.458 e. The summed E-state index contributed by atoms with van der Waals surface area (Å²) in [6.07, 6.45) is 6.31. The summed E-state index contributed by atoms with van der Waals surface area (Å²) in [5, 5.41) is -0.401. The van der Waals surface area contributed by atoms with Crippen LogP contribution in [0.1, 0.15) is 59.3 Å². The van der Waals surface area contributed by atoms with E-state index in [0.717, 1.165) is 49.9 Å². The zero-order valence-electron chi connectivity index (χ0n) is 12.8. The molecule has 0 bridgehead atoms. The van der Waals surface area contributed by atoms with Crippen LogP contribution in [0.2, 0.25) is 0 Å². The lowest BCUT2D eigenvalue weighted by Crippen LogP contribution is -2.02. The van der Waals surface area contributed by atoms with Gasteiger partial charge < -0.3 is 13.8 Å². The summed E-state index contributed by atoms with van der Waals surface area (Å²) in [6, 6.07) is 0. The van der Waals surface area contributed by atoms with Gasteiger partial charge in [-0.1, -0.05) is 39.5 Å². The Kier molecular flexibility index (Phi) is 13.3. The number of carbonyl (C=O) groups is 1. The fourth-order valence-electron chi connectivity index (χ4n) is 1.38. The standard InChI is InChI=1S/C13H27O4PS2/c1-4-7-9-11-16-18(19,17-12-10-8-5-2)20-13(14)15-6-3/h4-12H2,1-3H3. The molecular weight excluding hydrogens is 315 g/mol. The molecule has 0 saturated carbocycles. The minimum atomic E-state index is -2.61. The van der Waals surface area contributed by atoms with Crippen molar-refractivity contribution >= 4 is 34.2 Å². The Hall–Kier alpha value is 0.390. The van der Waals surface area contributed by atoms with Crippen LogP contribution in [0.25, 0.3) is 0 Å². The highest BCUT2D eigenvalue weighted by Gasteiger charge is 2.25. The molecule has 0 aliphatic carbocycles. The number of hydrogen-bond acceptors (Lipinski definition) is 6. The monoisotopic (exact) mass is 342 g/mol. The van der Waals surface area contributed by atoms with E-state index < -0.39 is 11.0 Å². The summed E-state index contributed by atoms with van der Waals surface area (Å²) < 4.78 is 16.3. The lowest BCUT2D eigenvalue weighted by atomic mass is 10.3. The molecule has 0 spiro atoms. The van der Waals surface area contributed by atoms with Crippen LogP contribution in [0.3, 0.4) is 0 Å². The van der Waals surface area contributed by atoms with Crippen LogP contribution in [0, 0.1) is 0 Å². The summed E-state index contributed by atoms with van der Waals surface area (Å²) in [4.78, 5) is 11.6. The Morgan fingerprint density at radius 1 is 1.00 bits per heavy atom. The van der Waals surface area contributed by atoms with Crippen LogP contribution in [-0.2, 0) is 25.6 Å². The first-order valence-electron chi connectivity index (χ1n) is 7.33. The van der Waals surface area contributed by atoms with E-state index >= 15 is 0 Å². The average Bonchev–Trinajstić information content (AvgIpc) is 2.40. The molecule has 0 aliphatic rings. The molecule has 0 aromatic rings. The molecule has 0 unspecified atom stereocenters. The Morgan fingerprint density at radius 2 is 1.50 bits per heavy atom. The Bertz CT molecular complexity index is 284. The first-order valence-corrected chi connectivity index (χ1v) is 11.4.